The lowest BCUT2D eigenvalue weighted by atomic mass is 10.0. The number of carbonyl (C=O) groups is 4. The summed E-state index contributed by atoms with van der Waals surface area (Å²) in [5, 5.41) is 7.98. The smallest absolute Gasteiger partial charge is 0.328 e. The number of unbranched alkanes of at least 4 members (excludes halogenated alkanes) is 1. The van der Waals surface area contributed by atoms with Crippen LogP contribution in [0, 0.1) is 5.92 Å². The van der Waals surface area contributed by atoms with Gasteiger partial charge in [-0.05, 0) is 24.3 Å². The van der Waals surface area contributed by atoms with E-state index in [4.69, 9.17) is 4.74 Å². The maximum Gasteiger partial charge on any atom is 0.328 e. The van der Waals surface area contributed by atoms with Gasteiger partial charge in [-0.1, -0.05) is 63.9 Å². The lowest BCUT2D eigenvalue weighted by molar-refractivity contribution is -0.145. The van der Waals surface area contributed by atoms with Crippen molar-refractivity contribution in [2.45, 2.75) is 71.0 Å². The van der Waals surface area contributed by atoms with Gasteiger partial charge in [-0.3, -0.25) is 14.4 Å². The van der Waals surface area contributed by atoms with Gasteiger partial charge >= 0.3 is 5.97 Å². The second-order valence-electron chi connectivity index (χ2n) is 7.94. The highest BCUT2D eigenvalue weighted by molar-refractivity contribution is 5.92. The molecule has 3 N–H and O–H groups in total. The molecule has 0 radical (unpaired) electrons. The number of ether oxygens (including phenoxy) is 1. The van der Waals surface area contributed by atoms with E-state index in [1.807, 2.05) is 51.1 Å². The number of nitrogens with one attached hydrogen (secondary N) is 3. The molecule has 3 atom stereocenters. The van der Waals surface area contributed by atoms with Gasteiger partial charge < -0.3 is 20.7 Å². The number of benzene rings is 1. The molecule has 1 aromatic carbocycles. The number of carbonyl (C=O) groups excluding carboxylic acids is 4. The van der Waals surface area contributed by atoms with E-state index in [1.54, 1.807) is 0 Å². The average Bonchev–Trinajstić information content (AvgIpc) is 2.75. The van der Waals surface area contributed by atoms with Crippen molar-refractivity contribution in [2.75, 3.05) is 7.11 Å². The molecule has 8 heteroatoms. The Hall–Kier alpha value is -2.90. The van der Waals surface area contributed by atoms with E-state index in [2.05, 4.69) is 16.0 Å². The Morgan fingerprint density at radius 1 is 1.00 bits per heavy atom. The summed E-state index contributed by atoms with van der Waals surface area (Å²) in [5.41, 5.74) is 0.873. The van der Waals surface area contributed by atoms with E-state index in [1.165, 1.54) is 7.11 Å². The lowest BCUT2D eigenvalue weighted by Gasteiger charge is -2.25. The third kappa shape index (κ3) is 9.63. The maximum atomic E-state index is 13.0. The minimum absolute atomic E-state index is 0.120. The largest absolute Gasteiger partial charge is 0.467 e. The van der Waals surface area contributed by atoms with Crippen LogP contribution in [0.25, 0.3) is 0 Å². The summed E-state index contributed by atoms with van der Waals surface area (Å²) >= 11 is 0. The van der Waals surface area contributed by atoms with Crippen LogP contribution in [0.1, 0.15) is 52.0 Å². The predicted molar refractivity (Wildman–Crippen MR) is 118 cm³/mol. The van der Waals surface area contributed by atoms with Crippen LogP contribution < -0.4 is 16.0 Å². The van der Waals surface area contributed by atoms with Crippen molar-refractivity contribution in [2.24, 2.45) is 5.92 Å². The van der Waals surface area contributed by atoms with Crippen LogP contribution in [-0.2, 0) is 30.3 Å². The fourth-order valence-corrected chi connectivity index (χ4v) is 3.21. The van der Waals surface area contributed by atoms with E-state index in [0.29, 0.717) is 19.3 Å². The standard InChI is InChI=1S/C23H35N3O5/c1-5-6-12-18(24-15-27)21(28)25-19(13-16(2)3)22(29)26-20(23(30)31-4)14-17-10-8-7-9-11-17/h7-11,15-16,18-20H,5-6,12-14H2,1-4H3,(H,24,27)(H,25,28)(H,26,29)/t18-,19-,20-/m0/s1. The molecule has 0 aromatic heterocycles. The van der Waals surface area contributed by atoms with Gasteiger partial charge in [-0.15, -0.1) is 0 Å². The number of rotatable bonds is 14. The van der Waals surface area contributed by atoms with Crippen LogP contribution in [0.5, 0.6) is 0 Å². The first-order chi connectivity index (χ1) is 14.8. The van der Waals surface area contributed by atoms with Crippen molar-refractivity contribution >= 4 is 24.2 Å². The van der Waals surface area contributed by atoms with Gasteiger partial charge in [0.2, 0.25) is 18.2 Å². The fourth-order valence-electron chi connectivity index (χ4n) is 3.21. The molecule has 0 heterocycles. The first-order valence-corrected chi connectivity index (χ1v) is 10.7. The molecule has 0 saturated heterocycles. The summed E-state index contributed by atoms with van der Waals surface area (Å²) in [7, 11) is 1.27. The van der Waals surface area contributed by atoms with E-state index in [9.17, 15) is 19.2 Å². The van der Waals surface area contributed by atoms with Crippen LogP contribution in [0.3, 0.4) is 0 Å². The zero-order chi connectivity index (χ0) is 23.2. The fraction of sp³-hybridized carbons (Fsp3) is 0.565. The first kappa shape index (κ1) is 26.1. The number of hydrogen-bond acceptors (Lipinski definition) is 5. The van der Waals surface area contributed by atoms with Crippen LogP contribution in [0.15, 0.2) is 30.3 Å². The topological polar surface area (TPSA) is 114 Å². The van der Waals surface area contributed by atoms with Crippen LogP contribution in [0.4, 0.5) is 0 Å². The van der Waals surface area contributed by atoms with Gasteiger partial charge in [-0.2, -0.15) is 0 Å². The van der Waals surface area contributed by atoms with Crippen molar-refractivity contribution in [1.29, 1.82) is 0 Å². The number of methoxy groups -OCH3 is 1. The highest BCUT2D eigenvalue weighted by Gasteiger charge is 2.29. The van der Waals surface area contributed by atoms with E-state index in [-0.39, 0.29) is 12.3 Å². The Balaban J connectivity index is 2.93. The Bertz CT molecular complexity index is 708. The van der Waals surface area contributed by atoms with Crippen LogP contribution >= 0.6 is 0 Å². The molecule has 0 unspecified atom stereocenters. The summed E-state index contributed by atoms with van der Waals surface area (Å²) in [6.07, 6.45) is 3.27. The van der Waals surface area contributed by atoms with Crippen molar-refractivity contribution in [3.63, 3.8) is 0 Å². The molecular weight excluding hydrogens is 398 g/mol. The maximum absolute atomic E-state index is 13.0. The Morgan fingerprint density at radius 2 is 1.61 bits per heavy atom. The highest BCUT2D eigenvalue weighted by Crippen LogP contribution is 2.10. The molecule has 0 aliphatic carbocycles. The zero-order valence-corrected chi connectivity index (χ0v) is 18.9. The van der Waals surface area contributed by atoms with Crippen molar-refractivity contribution in [3.8, 4) is 0 Å². The van der Waals surface area contributed by atoms with E-state index < -0.39 is 35.9 Å². The van der Waals surface area contributed by atoms with Crippen molar-refractivity contribution in [1.82, 2.24) is 16.0 Å². The molecule has 8 nitrogen and oxygen atoms in total. The molecule has 172 valence electrons. The number of hydrogen-bond donors (Lipinski definition) is 3. The summed E-state index contributed by atoms with van der Waals surface area (Å²) in [4.78, 5) is 48.8. The van der Waals surface area contributed by atoms with Gasteiger partial charge in [0, 0.05) is 6.42 Å². The molecular formula is C23H35N3O5. The van der Waals surface area contributed by atoms with Crippen LogP contribution in [0.2, 0.25) is 0 Å². The molecule has 0 aliphatic rings. The summed E-state index contributed by atoms with van der Waals surface area (Å²) in [6, 6.07) is 6.86. The third-order valence-electron chi connectivity index (χ3n) is 4.86. The van der Waals surface area contributed by atoms with Gasteiger partial charge in [0.05, 0.1) is 7.11 Å². The molecule has 0 bridgehead atoms. The Kier molecular flexibility index (Phi) is 11.9. The average molecular weight is 434 g/mol. The lowest BCUT2D eigenvalue weighted by Crippen LogP contribution is -2.55. The van der Waals surface area contributed by atoms with Crippen LogP contribution in [-0.4, -0.2) is 49.4 Å². The molecule has 31 heavy (non-hydrogen) atoms. The van der Waals surface area contributed by atoms with Gasteiger partial charge in [-0.25, -0.2) is 4.79 Å². The van der Waals surface area contributed by atoms with Gasteiger partial charge in [0.1, 0.15) is 18.1 Å². The molecule has 3 amide bonds. The molecule has 0 spiro atoms. The summed E-state index contributed by atoms with van der Waals surface area (Å²) in [6.45, 7) is 5.86. The molecule has 1 rings (SSSR count). The molecule has 0 aliphatic heterocycles. The van der Waals surface area contributed by atoms with Gasteiger partial charge in [0.25, 0.3) is 0 Å². The van der Waals surface area contributed by atoms with Crippen molar-refractivity contribution in [3.05, 3.63) is 35.9 Å². The van der Waals surface area contributed by atoms with E-state index in [0.717, 1.165) is 18.4 Å². The second kappa shape index (κ2) is 14.2. The zero-order valence-electron chi connectivity index (χ0n) is 18.9. The van der Waals surface area contributed by atoms with Crippen molar-refractivity contribution < 1.29 is 23.9 Å². The first-order valence-electron chi connectivity index (χ1n) is 10.7. The van der Waals surface area contributed by atoms with Gasteiger partial charge in [0.15, 0.2) is 0 Å². The Labute approximate surface area is 184 Å². The molecule has 0 fully saturated rings. The normalized spacial score (nSPS) is 13.6. The SMILES string of the molecule is CCCC[C@H](NC=O)C(=O)N[C@@H](CC(C)C)C(=O)N[C@@H](Cc1ccccc1)C(=O)OC. The minimum Gasteiger partial charge on any atom is -0.467 e. The molecule has 1 aromatic rings. The number of amides is 3. The third-order valence-corrected chi connectivity index (χ3v) is 4.86. The monoisotopic (exact) mass is 433 g/mol. The Morgan fingerprint density at radius 3 is 2.16 bits per heavy atom. The number of esters is 1. The van der Waals surface area contributed by atoms with E-state index >= 15 is 0 Å². The summed E-state index contributed by atoms with van der Waals surface area (Å²) < 4.78 is 4.85. The second-order valence-corrected chi connectivity index (χ2v) is 7.94. The predicted octanol–water partition coefficient (Wildman–Crippen LogP) is 1.72. The quantitative estimate of drug-likeness (QED) is 0.305. The summed E-state index contributed by atoms with van der Waals surface area (Å²) in [5.74, 6) is -1.32. The highest BCUT2D eigenvalue weighted by atomic mass is 16.5. The molecule has 0 saturated carbocycles. The minimum atomic E-state index is -0.879.